The first-order valence-corrected chi connectivity index (χ1v) is 9.42. The van der Waals surface area contributed by atoms with Crippen molar-refractivity contribution in [3.8, 4) is 0 Å². The molecule has 0 aliphatic heterocycles. The number of allylic oxidation sites excluding steroid dienone is 12. The van der Waals surface area contributed by atoms with E-state index in [0.29, 0.717) is 11.8 Å². The lowest BCUT2D eigenvalue weighted by Gasteiger charge is -2.17. The fraction of sp³-hybridized carbons (Fsp3) is 0.478. The maximum Gasteiger partial charge on any atom is 0.181 e. The van der Waals surface area contributed by atoms with Crippen LogP contribution in [0, 0.1) is 11.8 Å². The zero-order valence-corrected chi connectivity index (χ0v) is 16.1. The van der Waals surface area contributed by atoms with Crippen molar-refractivity contribution in [3.63, 3.8) is 0 Å². The van der Waals surface area contributed by atoms with Gasteiger partial charge in [0.15, 0.2) is 7.28 Å². The fourth-order valence-corrected chi connectivity index (χ4v) is 3.37. The first kappa shape index (κ1) is 18.8. The van der Waals surface area contributed by atoms with Gasteiger partial charge in [0.05, 0.1) is 0 Å². The molecule has 0 atom stereocenters. The van der Waals surface area contributed by atoms with Crippen LogP contribution < -0.4 is 0 Å². The molecule has 0 saturated heterocycles. The summed E-state index contributed by atoms with van der Waals surface area (Å²) in [7, 11) is 2.39. The molecule has 0 aromatic heterocycles. The van der Waals surface area contributed by atoms with Gasteiger partial charge >= 0.3 is 0 Å². The third kappa shape index (κ3) is 5.55. The maximum absolute atomic E-state index is 2.40. The molecule has 2 rings (SSSR count). The Morgan fingerprint density at radius 3 is 2.04 bits per heavy atom. The van der Waals surface area contributed by atoms with Crippen LogP contribution in [0.25, 0.3) is 0 Å². The van der Waals surface area contributed by atoms with Crippen molar-refractivity contribution in [2.75, 3.05) is 0 Å². The van der Waals surface area contributed by atoms with Crippen molar-refractivity contribution in [1.29, 1.82) is 0 Å². The SMILES string of the molecule is CC1=C(C(C)C)C/C=C\CC([B]/C2=C/C=C(/C(C)C)C/C=C\C2)=C1. The topological polar surface area (TPSA) is 0 Å². The standard InChI is InChI=1S/C23H32B/c1-17(2)20-10-6-7-11-21(15-14-20)24-22-12-8-9-13-23(18(3)4)19(5)16-22/h6-9,14-18H,10-13H2,1-5H3/b7-6-,9-8-,20-14+,21-15+,22-16?,23-19?. The monoisotopic (exact) mass is 319 g/mol. The summed E-state index contributed by atoms with van der Waals surface area (Å²) in [5.41, 5.74) is 7.34. The van der Waals surface area contributed by atoms with Crippen LogP contribution in [0.4, 0.5) is 0 Å². The van der Waals surface area contributed by atoms with Crippen LogP contribution in [0.15, 0.2) is 70.2 Å². The highest BCUT2D eigenvalue weighted by Gasteiger charge is 2.11. The van der Waals surface area contributed by atoms with Crippen molar-refractivity contribution in [1.82, 2.24) is 0 Å². The molecule has 0 saturated carbocycles. The minimum atomic E-state index is 0.616. The van der Waals surface area contributed by atoms with E-state index in [1.165, 1.54) is 22.1 Å². The van der Waals surface area contributed by atoms with E-state index in [-0.39, 0.29) is 0 Å². The zero-order valence-electron chi connectivity index (χ0n) is 16.1. The molecule has 1 radical (unpaired) electrons. The molecule has 0 amide bonds. The number of hydrogen-bond acceptors (Lipinski definition) is 0. The van der Waals surface area contributed by atoms with E-state index in [1.54, 1.807) is 5.57 Å². The van der Waals surface area contributed by atoms with Crippen LogP contribution >= 0.6 is 0 Å². The lowest BCUT2D eigenvalue weighted by atomic mass is 9.59. The minimum absolute atomic E-state index is 0.616. The summed E-state index contributed by atoms with van der Waals surface area (Å²) in [5, 5.41) is 0. The third-order valence-electron chi connectivity index (χ3n) is 4.96. The normalized spacial score (nSPS) is 26.4. The van der Waals surface area contributed by atoms with Crippen molar-refractivity contribution in [3.05, 3.63) is 70.2 Å². The van der Waals surface area contributed by atoms with Gasteiger partial charge < -0.3 is 0 Å². The van der Waals surface area contributed by atoms with Gasteiger partial charge in [-0.2, -0.15) is 0 Å². The highest BCUT2D eigenvalue weighted by molar-refractivity contribution is 6.54. The van der Waals surface area contributed by atoms with Gasteiger partial charge in [-0.1, -0.05) is 97.9 Å². The summed E-state index contributed by atoms with van der Waals surface area (Å²) in [5.74, 6) is 1.23. The Hall–Kier alpha value is -1.50. The lowest BCUT2D eigenvalue weighted by Crippen LogP contribution is -2.05. The zero-order chi connectivity index (χ0) is 17.5. The largest absolute Gasteiger partial charge is 0.181 e. The fourth-order valence-electron chi connectivity index (χ4n) is 3.37. The Morgan fingerprint density at radius 2 is 1.38 bits per heavy atom. The Morgan fingerprint density at radius 1 is 0.750 bits per heavy atom. The molecule has 24 heavy (non-hydrogen) atoms. The van der Waals surface area contributed by atoms with Gasteiger partial charge in [0.2, 0.25) is 0 Å². The first-order valence-electron chi connectivity index (χ1n) is 9.42. The van der Waals surface area contributed by atoms with Crippen molar-refractivity contribution >= 4 is 7.28 Å². The van der Waals surface area contributed by atoms with E-state index < -0.39 is 0 Å². The first-order chi connectivity index (χ1) is 11.5. The summed E-state index contributed by atoms with van der Waals surface area (Å²) in [6.07, 6.45) is 20.6. The molecule has 2 aliphatic rings. The Bertz CT molecular complexity index is 618. The maximum atomic E-state index is 2.40. The summed E-state index contributed by atoms with van der Waals surface area (Å²) in [6, 6.07) is 0. The van der Waals surface area contributed by atoms with Crippen molar-refractivity contribution in [2.24, 2.45) is 11.8 Å². The summed E-state index contributed by atoms with van der Waals surface area (Å²) in [4.78, 5) is 0. The quantitative estimate of drug-likeness (QED) is 0.399. The van der Waals surface area contributed by atoms with E-state index in [9.17, 15) is 0 Å². The van der Waals surface area contributed by atoms with Crippen LogP contribution in [0.5, 0.6) is 0 Å². The summed E-state index contributed by atoms with van der Waals surface area (Å²) >= 11 is 0. The molecule has 0 aromatic carbocycles. The van der Waals surface area contributed by atoms with Crippen LogP contribution in [0.3, 0.4) is 0 Å². The molecule has 0 nitrogen and oxygen atoms in total. The molecule has 0 spiro atoms. The molecule has 0 heterocycles. The predicted octanol–water partition coefficient (Wildman–Crippen LogP) is 6.71. The highest BCUT2D eigenvalue weighted by atomic mass is 14.1. The molecule has 1 heteroatoms. The van der Waals surface area contributed by atoms with Crippen LogP contribution in [0.1, 0.15) is 60.3 Å². The summed E-state index contributed by atoms with van der Waals surface area (Å²) < 4.78 is 0. The Kier molecular flexibility index (Phi) is 7.15. The van der Waals surface area contributed by atoms with E-state index in [2.05, 4.69) is 84.4 Å². The molecule has 0 aromatic rings. The molecule has 0 N–H and O–H groups in total. The van der Waals surface area contributed by atoms with Gasteiger partial charge in [-0.3, -0.25) is 0 Å². The smallest absolute Gasteiger partial charge is 0.0993 e. The second kappa shape index (κ2) is 9.11. The predicted molar refractivity (Wildman–Crippen MR) is 109 cm³/mol. The lowest BCUT2D eigenvalue weighted by molar-refractivity contribution is 0.737. The van der Waals surface area contributed by atoms with Gasteiger partial charge in [0, 0.05) is 0 Å². The van der Waals surface area contributed by atoms with Crippen LogP contribution in [0.2, 0.25) is 0 Å². The van der Waals surface area contributed by atoms with E-state index in [0.717, 1.165) is 25.7 Å². The Labute approximate surface area is 150 Å². The molecule has 127 valence electrons. The van der Waals surface area contributed by atoms with Crippen LogP contribution in [-0.4, -0.2) is 7.28 Å². The number of hydrogen-bond donors (Lipinski definition) is 0. The van der Waals surface area contributed by atoms with Gasteiger partial charge in [-0.05, 0) is 44.4 Å². The van der Waals surface area contributed by atoms with E-state index >= 15 is 0 Å². The van der Waals surface area contributed by atoms with Crippen LogP contribution in [-0.2, 0) is 0 Å². The summed E-state index contributed by atoms with van der Waals surface area (Å²) in [6.45, 7) is 11.4. The van der Waals surface area contributed by atoms with Gasteiger partial charge in [0.25, 0.3) is 0 Å². The average Bonchev–Trinajstić information content (AvgIpc) is 2.46. The second-order valence-electron chi connectivity index (χ2n) is 7.62. The highest BCUT2D eigenvalue weighted by Crippen LogP contribution is 2.25. The van der Waals surface area contributed by atoms with Gasteiger partial charge in [-0.15, -0.1) is 0 Å². The van der Waals surface area contributed by atoms with Gasteiger partial charge in [-0.25, -0.2) is 0 Å². The molecular formula is C23H32B. The Balaban J connectivity index is 2.23. The molecule has 0 fully saturated rings. The van der Waals surface area contributed by atoms with Gasteiger partial charge in [0.1, 0.15) is 0 Å². The second-order valence-corrected chi connectivity index (χ2v) is 7.62. The average molecular weight is 319 g/mol. The van der Waals surface area contributed by atoms with E-state index in [4.69, 9.17) is 0 Å². The van der Waals surface area contributed by atoms with E-state index in [1.807, 2.05) is 0 Å². The minimum Gasteiger partial charge on any atom is -0.0993 e. The third-order valence-corrected chi connectivity index (χ3v) is 4.96. The molecule has 2 aliphatic carbocycles. The van der Waals surface area contributed by atoms with Crippen molar-refractivity contribution < 1.29 is 0 Å². The number of rotatable bonds is 4. The molecule has 0 unspecified atom stereocenters. The molecule has 0 bridgehead atoms. The van der Waals surface area contributed by atoms with Crippen molar-refractivity contribution in [2.45, 2.75) is 60.3 Å². The molecular weight excluding hydrogens is 287 g/mol.